The van der Waals surface area contributed by atoms with E-state index in [0.717, 1.165) is 96.7 Å². The summed E-state index contributed by atoms with van der Waals surface area (Å²) in [5.74, 6) is 0. The fourth-order valence-electron chi connectivity index (χ4n) is 15.9. The average Bonchev–Trinajstić information content (AvgIpc) is 1.58. The van der Waals surface area contributed by atoms with Crippen LogP contribution in [-0.2, 0) is 5.41 Å². The highest BCUT2D eigenvalue weighted by molar-refractivity contribution is 5.97. The van der Waals surface area contributed by atoms with Gasteiger partial charge in [-0.3, -0.25) is 0 Å². The smallest absolute Gasteiger partial charge is 0.0464 e. The van der Waals surface area contributed by atoms with Gasteiger partial charge in [0, 0.05) is 108 Å². The Balaban J connectivity index is 0.000000118. The number of fused-ring (bicyclic) bond motifs is 4. The second kappa shape index (κ2) is 38.0. The number of rotatable bonds is 20. The maximum atomic E-state index is 3.67. The Morgan fingerprint density at radius 2 is 0.459 bits per heavy atom. The molecule has 0 unspecified atom stereocenters. The van der Waals surface area contributed by atoms with Crippen LogP contribution < -0.4 is 36.0 Å². The molecule has 4 N–H and O–H groups in total. The molecule has 19 aromatic carbocycles. The van der Waals surface area contributed by atoms with Crippen molar-refractivity contribution < 1.29 is 0 Å². The molecule has 0 aliphatic heterocycles. The molecule has 20 rings (SSSR count). The molecule has 0 amide bonds. The third kappa shape index (κ3) is 18.9. The number of benzene rings is 19. The minimum absolute atomic E-state index is 0.0559. The molecule has 0 saturated heterocycles. The van der Waals surface area contributed by atoms with Crippen LogP contribution >= 0.6 is 0 Å². The Hall–Kier alpha value is -16.0. The largest absolute Gasteiger partial charge is 0.356 e. The van der Waals surface area contributed by atoms with E-state index in [4.69, 9.17) is 0 Å². The zero-order chi connectivity index (χ0) is 82.5. The first-order valence-electron chi connectivity index (χ1n) is 41.5. The van der Waals surface area contributed by atoms with Gasteiger partial charge in [0.1, 0.15) is 0 Å². The Bertz CT molecular complexity index is 6270. The van der Waals surface area contributed by atoms with E-state index in [1.807, 2.05) is 60.7 Å². The number of nitrogens with zero attached hydrogens (tertiary/aromatic N) is 3. The fourth-order valence-corrected chi connectivity index (χ4v) is 15.9. The van der Waals surface area contributed by atoms with E-state index in [2.05, 4.69) is 493 Å². The first-order valence-corrected chi connectivity index (χ1v) is 41.5. The van der Waals surface area contributed by atoms with E-state index < -0.39 is 0 Å². The van der Waals surface area contributed by atoms with Gasteiger partial charge in [-0.2, -0.15) is 0 Å². The Labute approximate surface area is 717 Å². The van der Waals surface area contributed by atoms with E-state index in [-0.39, 0.29) is 5.41 Å². The maximum absolute atomic E-state index is 3.67. The number of hydrogen-bond acceptors (Lipinski definition) is 7. The van der Waals surface area contributed by atoms with Crippen LogP contribution in [-0.4, -0.2) is 0 Å². The van der Waals surface area contributed by atoms with Gasteiger partial charge >= 0.3 is 0 Å². The number of anilines is 17. The summed E-state index contributed by atoms with van der Waals surface area (Å²) in [5.41, 5.74) is 31.7. The lowest BCUT2D eigenvalue weighted by Crippen LogP contribution is -2.15. The molecule has 0 heterocycles. The van der Waals surface area contributed by atoms with Gasteiger partial charge < -0.3 is 36.0 Å². The Morgan fingerprint density at radius 3 is 0.893 bits per heavy atom. The topological polar surface area (TPSA) is 57.8 Å². The maximum Gasteiger partial charge on any atom is 0.0464 e. The van der Waals surface area contributed by atoms with Crippen molar-refractivity contribution in [3.63, 3.8) is 0 Å². The lowest BCUT2D eigenvalue weighted by atomic mass is 9.82. The van der Waals surface area contributed by atoms with Crippen LogP contribution in [0, 0.1) is 0 Å². The minimum atomic E-state index is 0.0559. The van der Waals surface area contributed by atoms with E-state index in [0.29, 0.717) is 0 Å². The Kier molecular flexibility index (Phi) is 24.4. The molecule has 7 heteroatoms. The van der Waals surface area contributed by atoms with Gasteiger partial charge in [0.25, 0.3) is 0 Å². The summed E-state index contributed by atoms with van der Waals surface area (Å²) >= 11 is 0. The van der Waals surface area contributed by atoms with Crippen molar-refractivity contribution in [3.05, 3.63) is 515 Å². The van der Waals surface area contributed by atoms with Crippen LogP contribution in [0.1, 0.15) is 25.0 Å². The van der Waals surface area contributed by atoms with Gasteiger partial charge in [0.2, 0.25) is 0 Å². The summed E-state index contributed by atoms with van der Waals surface area (Å²) in [7, 11) is 0. The molecule has 122 heavy (non-hydrogen) atoms. The van der Waals surface area contributed by atoms with Crippen molar-refractivity contribution in [2.45, 2.75) is 19.3 Å². The van der Waals surface area contributed by atoms with Gasteiger partial charge in [0.15, 0.2) is 0 Å². The summed E-state index contributed by atoms with van der Waals surface area (Å²) in [6.45, 7) is 4.62. The van der Waals surface area contributed by atoms with Gasteiger partial charge in [-0.1, -0.05) is 311 Å². The quantitative estimate of drug-likeness (QED) is 0.0607. The summed E-state index contributed by atoms with van der Waals surface area (Å²) < 4.78 is 0. The normalized spacial score (nSPS) is 11.3. The van der Waals surface area contributed by atoms with E-state index in [9.17, 15) is 0 Å². The van der Waals surface area contributed by atoms with Crippen LogP contribution in [0.5, 0.6) is 0 Å². The highest BCUT2D eigenvalue weighted by Crippen LogP contribution is 2.50. The van der Waals surface area contributed by atoms with Crippen molar-refractivity contribution in [2.75, 3.05) is 36.0 Å². The molecular formula is C115H93N7. The molecule has 588 valence electrons. The summed E-state index contributed by atoms with van der Waals surface area (Å²) in [5, 5.41) is 16.7. The first-order chi connectivity index (χ1) is 60.3. The Morgan fingerprint density at radius 1 is 0.172 bits per heavy atom. The van der Waals surface area contributed by atoms with Crippen LogP contribution in [0.15, 0.2) is 504 Å². The van der Waals surface area contributed by atoms with Gasteiger partial charge in [-0.15, -0.1) is 0 Å². The molecule has 0 saturated carbocycles. The van der Waals surface area contributed by atoms with E-state index >= 15 is 0 Å². The number of nitrogens with one attached hydrogen (secondary N) is 4. The summed E-state index contributed by atoms with van der Waals surface area (Å²) in [6.07, 6.45) is 0. The van der Waals surface area contributed by atoms with Crippen molar-refractivity contribution in [2.24, 2.45) is 0 Å². The highest BCUT2D eigenvalue weighted by atomic mass is 15.2. The van der Waals surface area contributed by atoms with E-state index in [1.165, 1.54) is 66.4 Å². The standard InChI is InChI=1S/C36H29N3.C34H25N.C24H20N2.C21H19N/c1-5-13-31(14-6-1)38(32-15-7-2-8-16-32)35-25-21-29(22-26-35)37-30-23-27-36(28-24-30)39(33-17-9-3-10-18-33)34-19-11-4-12-20-34;1-3-10-25(11-4-1)29-20-23-34(33(24-29)27-12-5-2-6-13-27)35-30-21-18-28(19-22-30)32-17-9-15-26-14-7-8-16-31(26)32;1-4-10-20(11-5-1)25-21-16-18-24(19-17-21)26(22-12-6-2-7-13-22)23-14-8-3-9-15-23;1-21(2)19-11-7-6-10-17(19)18-13-12-16(14-20(18)21)22-15-8-4-3-5-9-15/h1-28,37H;1-24,35H;1-19,25H;3-14,22H,1-2H3. The van der Waals surface area contributed by atoms with Crippen molar-refractivity contribution in [1.82, 2.24) is 0 Å². The molecule has 0 atom stereocenters. The number of para-hydroxylation sites is 8. The molecule has 0 spiro atoms. The molecule has 7 nitrogen and oxygen atoms in total. The number of hydrogen-bond donors (Lipinski definition) is 4. The van der Waals surface area contributed by atoms with Crippen LogP contribution in [0.4, 0.5) is 96.7 Å². The lowest BCUT2D eigenvalue weighted by molar-refractivity contribution is 0.660. The third-order valence-corrected chi connectivity index (χ3v) is 21.9. The molecule has 0 aromatic heterocycles. The molecule has 0 fully saturated rings. The predicted octanol–water partition coefficient (Wildman–Crippen LogP) is 32.6. The summed E-state index contributed by atoms with van der Waals surface area (Å²) in [4.78, 5) is 6.78. The predicted molar refractivity (Wildman–Crippen MR) is 520 cm³/mol. The third-order valence-electron chi connectivity index (χ3n) is 21.9. The van der Waals surface area contributed by atoms with Crippen molar-refractivity contribution in [3.8, 4) is 44.5 Å². The fraction of sp³-hybridized carbons (Fsp3) is 0.0261. The summed E-state index contributed by atoms with van der Waals surface area (Å²) in [6, 6.07) is 176. The zero-order valence-corrected chi connectivity index (χ0v) is 68.3. The van der Waals surface area contributed by atoms with Gasteiger partial charge in [-0.25, -0.2) is 0 Å². The van der Waals surface area contributed by atoms with Crippen LogP contribution in [0.25, 0.3) is 55.3 Å². The molecule has 19 aromatic rings. The van der Waals surface area contributed by atoms with Crippen LogP contribution in [0.3, 0.4) is 0 Å². The van der Waals surface area contributed by atoms with Crippen LogP contribution in [0.2, 0.25) is 0 Å². The monoisotopic (exact) mass is 1570 g/mol. The van der Waals surface area contributed by atoms with Gasteiger partial charge in [0.05, 0.1) is 0 Å². The van der Waals surface area contributed by atoms with Crippen molar-refractivity contribution >= 4 is 107 Å². The second-order valence-corrected chi connectivity index (χ2v) is 30.4. The molecule has 1 aliphatic rings. The molecular weight excluding hydrogens is 1480 g/mol. The van der Waals surface area contributed by atoms with Gasteiger partial charge in [-0.05, 0) is 267 Å². The first kappa shape index (κ1) is 78.6. The van der Waals surface area contributed by atoms with Crippen molar-refractivity contribution in [1.29, 1.82) is 0 Å². The highest BCUT2D eigenvalue weighted by Gasteiger charge is 2.35. The molecule has 1 aliphatic carbocycles. The van der Waals surface area contributed by atoms with E-state index in [1.54, 1.807) is 0 Å². The second-order valence-electron chi connectivity index (χ2n) is 30.4. The molecule has 0 bridgehead atoms. The zero-order valence-electron chi connectivity index (χ0n) is 68.3. The lowest BCUT2D eigenvalue weighted by Gasteiger charge is -2.26. The molecule has 0 radical (unpaired) electrons. The SMILES string of the molecule is CC1(C)c2ccccc2-c2ccc(Nc3ccccc3)cc21.c1ccc(-c2ccc(Nc3ccc(-c4cccc5ccccc45)cc3)c(-c3ccccc3)c2)cc1.c1ccc(N(c2ccccc2)c2ccc(Nc3ccc(N(c4ccccc4)c4ccccc4)cc3)cc2)cc1.c1ccc(Nc2ccc(N(c3ccccc3)c3ccccc3)cc2)cc1. The minimum Gasteiger partial charge on any atom is -0.356 e. The average molecular weight is 1570 g/mol.